The second kappa shape index (κ2) is 19.5. The molecule has 0 saturated carbocycles. The standard InChI is InChI=1S/C57H48N3O4P/c1-40-34-37-49(55(46-28-16-7-17-29-46)52(40)43-22-10-4-11-23-43)58-62-65(61,63-59-50-38-35-41(2)53(44-24-12-5-13-25-44)56(50)47-30-18-8-19-31-47)64-60-51-39-36-42(3)54(45-26-14-6-15-27-45)57(51)48-32-20-9-21-33-48/h4-39,58-60H,1-3H3. The maximum atomic E-state index is 15.5. The SMILES string of the molecule is Cc1ccc(NOP(=O)(ONc2ccc(C)c(-c3ccccc3)c2-c2ccccc2)ONc2ccc(C)c(-c3ccccc3)c2-c2ccccc2)c(-c2ccccc2)c1-c1ccccc1. The van der Waals surface area contributed by atoms with Gasteiger partial charge in [-0.25, -0.2) is 4.57 Å². The van der Waals surface area contributed by atoms with E-state index in [9.17, 15) is 0 Å². The Labute approximate surface area is 380 Å². The Morgan fingerprint density at radius 1 is 0.277 bits per heavy atom. The van der Waals surface area contributed by atoms with Gasteiger partial charge < -0.3 is 0 Å². The predicted octanol–water partition coefficient (Wildman–Crippen LogP) is 16.2. The van der Waals surface area contributed by atoms with Gasteiger partial charge in [0.15, 0.2) is 0 Å². The summed E-state index contributed by atoms with van der Waals surface area (Å²) in [5.74, 6) is 0. The van der Waals surface area contributed by atoms with Crippen LogP contribution in [0.25, 0.3) is 66.8 Å². The topological polar surface area (TPSA) is 80.9 Å². The van der Waals surface area contributed by atoms with Crippen LogP contribution in [0.1, 0.15) is 16.7 Å². The fourth-order valence-corrected chi connectivity index (χ4v) is 9.13. The minimum atomic E-state index is -4.68. The van der Waals surface area contributed by atoms with Gasteiger partial charge >= 0.3 is 7.82 Å². The summed E-state index contributed by atoms with van der Waals surface area (Å²) in [7, 11) is -4.68. The molecule has 9 rings (SSSR count). The van der Waals surface area contributed by atoms with E-state index in [-0.39, 0.29) is 0 Å². The zero-order valence-electron chi connectivity index (χ0n) is 36.4. The van der Waals surface area contributed by atoms with Gasteiger partial charge in [0, 0.05) is 16.7 Å². The maximum absolute atomic E-state index is 15.5. The second-order valence-corrected chi connectivity index (χ2v) is 17.2. The number of benzene rings is 9. The van der Waals surface area contributed by atoms with E-state index >= 15 is 4.57 Å². The molecule has 0 atom stereocenters. The first-order valence-electron chi connectivity index (χ1n) is 21.5. The Balaban J connectivity index is 1.14. The van der Waals surface area contributed by atoms with Crippen molar-refractivity contribution in [1.29, 1.82) is 0 Å². The van der Waals surface area contributed by atoms with Crippen LogP contribution < -0.4 is 16.4 Å². The molecule has 0 aromatic heterocycles. The fourth-order valence-electron chi connectivity index (χ4n) is 8.39. The van der Waals surface area contributed by atoms with Crippen LogP contribution >= 0.6 is 7.82 Å². The molecule has 0 bridgehead atoms. The predicted molar refractivity (Wildman–Crippen MR) is 268 cm³/mol. The summed E-state index contributed by atoms with van der Waals surface area (Å²) in [6.07, 6.45) is 0. The highest BCUT2D eigenvalue weighted by Gasteiger charge is 2.33. The Hall–Kier alpha value is -7.51. The van der Waals surface area contributed by atoms with Crippen LogP contribution in [0.4, 0.5) is 17.1 Å². The molecule has 8 heteroatoms. The van der Waals surface area contributed by atoms with Crippen molar-refractivity contribution in [2.24, 2.45) is 0 Å². The molecule has 7 nitrogen and oxygen atoms in total. The summed E-state index contributed by atoms with van der Waals surface area (Å²) in [5.41, 5.74) is 25.5. The number of hydrogen-bond donors (Lipinski definition) is 3. The van der Waals surface area contributed by atoms with Gasteiger partial charge in [-0.1, -0.05) is 200 Å². The van der Waals surface area contributed by atoms with Gasteiger partial charge in [0.25, 0.3) is 0 Å². The Morgan fingerprint density at radius 2 is 0.477 bits per heavy atom. The highest BCUT2D eigenvalue weighted by Crippen LogP contribution is 2.53. The van der Waals surface area contributed by atoms with E-state index in [1.165, 1.54) is 0 Å². The number of aryl methyl sites for hydroxylation is 3. The average Bonchev–Trinajstić information content (AvgIpc) is 3.36. The smallest absolute Gasteiger partial charge is 0.255 e. The maximum Gasteiger partial charge on any atom is 0.539 e. The van der Waals surface area contributed by atoms with Crippen LogP contribution in [-0.4, -0.2) is 0 Å². The zero-order chi connectivity index (χ0) is 44.6. The summed E-state index contributed by atoms with van der Waals surface area (Å²) in [4.78, 5) is 0. The molecule has 0 unspecified atom stereocenters. The van der Waals surface area contributed by atoms with Crippen LogP contribution in [0.3, 0.4) is 0 Å². The molecule has 320 valence electrons. The van der Waals surface area contributed by atoms with Crippen LogP contribution in [0.5, 0.6) is 0 Å². The second-order valence-electron chi connectivity index (χ2n) is 15.8. The summed E-state index contributed by atoms with van der Waals surface area (Å²) in [5, 5.41) is 0. The minimum absolute atomic E-state index is 0.562. The number of phosphoric acid groups is 1. The van der Waals surface area contributed by atoms with E-state index in [4.69, 9.17) is 13.9 Å². The lowest BCUT2D eigenvalue weighted by Crippen LogP contribution is -2.13. The number of nitrogens with one attached hydrogen (secondary N) is 3. The molecular weight excluding hydrogens is 822 g/mol. The molecule has 0 heterocycles. The van der Waals surface area contributed by atoms with Crippen molar-refractivity contribution in [1.82, 2.24) is 0 Å². The monoisotopic (exact) mass is 869 g/mol. The minimum Gasteiger partial charge on any atom is -0.255 e. The fraction of sp³-hybridized carbons (Fsp3) is 0.0526. The largest absolute Gasteiger partial charge is 0.539 e. The third-order valence-electron chi connectivity index (χ3n) is 11.4. The normalized spacial score (nSPS) is 11.2. The van der Waals surface area contributed by atoms with Crippen molar-refractivity contribution < 1.29 is 18.4 Å². The van der Waals surface area contributed by atoms with Gasteiger partial charge in [0.2, 0.25) is 0 Å². The van der Waals surface area contributed by atoms with E-state index in [2.05, 4.69) is 73.6 Å². The first-order valence-corrected chi connectivity index (χ1v) is 23.0. The zero-order valence-corrected chi connectivity index (χ0v) is 37.3. The van der Waals surface area contributed by atoms with E-state index < -0.39 is 7.82 Å². The van der Waals surface area contributed by atoms with Crippen molar-refractivity contribution in [3.8, 4) is 66.8 Å². The van der Waals surface area contributed by atoms with Crippen LogP contribution in [0, 0.1) is 20.8 Å². The Bertz CT molecular complexity index is 2750. The molecule has 0 saturated heterocycles. The van der Waals surface area contributed by atoms with Gasteiger partial charge in [-0.3, -0.25) is 16.4 Å². The van der Waals surface area contributed by atoms with Gasteiger partial charge in [0.1, 0.15) is 0 Å². The molecule has 65 heavy (non-hydrogen) atoms. The van der Waals surface area contributed by atoms with Crippen LogP contribution in [-0.2, 0) is 18.4 Å². The molecule has 0 spiro atoms. The lowest BCUT2D eigenvalue weighted by molar-refractivity contribution is 0.173. The lowest BCUT2D eigenvalue weighted by Gasteiger charge is -2.24. The molecule has 0 aliphatic heterocycles. The van der Waals surface area contributed by atoms with E-state index in [0.717, 1.165) is 83.5 Å². The molecule has 0 radical (unpaired) electrons. The van der Waals surface area contributed by atoms with Crippen LogP contribution in [0.15, 0.2) is 218 Å². The van der Waals surface area contributed by atoms with E-state index in [1.807, 2.05) is 182 Å². The highest BCUT2D eigenvalue weighted by atomic mass is 31.2. The van der Waals surface area contributed by atoms with Crippen molar-refractivity contribution in [3.63, 3.8) is 0 Å². The quantitative estimate of drug-likeness (QED) is 0.0699. The molecule has 0 amide bonds. The molecule has 9 aromatic carbocycles. The van der Waals surface area contributed by atoms with E-state index in [0.29, 0.717) is 17.1 Å². The van der Waals surface area contributed by atoms with Crippen molar-refractivity contribution in [2.75, 3.05) is 16.4 Å². The summed E-state index contributed by atoms with van der Waals surface area (Å²) >= 11 is 0. The molecular formula is C57H48N3O4P. The van der Waals surface area contributed by atoms with E-state index in [1.54, 1.807) is 0 Å². The molecule has 0 aliphatic rings. The number of hydrogen-bond acceptors (Lipinski definition) is 7. The first kappa shape index (κ1) is 42.8. The average molecular weight is 870 g/mol. The lowest BCUT2D eigenvalue weighted by atomic mass is 9.90. The first-order chi connectivity index (χ1) is 31.9. The number of rotatable bonds is 15. The third kappa shape index (κ3) is 9.41. The van der Waals surface area contributed by atoms with Gasteiger partial charge in [-0.2, -0.15) is 13.9 Å². The summed E-state index contributed by atoms with van der Waals surface area (Å²) in [6, 6.07) is 72.5. The van der Waals surface area contributed by atoms with Crippen molar-refractivity contribution >= 4 is 24.9 Å². The molecule has 3 N–H and O–H groups in total. The van der Waals surface area contributed by atoms with Gasteiger partial charge in [-0.15, -0.1) is 0 Å². The van der Waals surface area contributed by atoms with Crippen molar-refractivity contribution in [2.45, 2.75) is 20.8 Å². The molecule has 0 aliphatic carbocycles. The number of anilines is 3. The molecule has 0 fully saturated rings. The summed E-state index contributed by atoms with van der Waals surface area (Å²) in [6.45, 7) is 6.24. The highest BCUT2D eigenvalue weighted by molar-refractivity contribution is 7.48. The third-order valence-corrected chi connectivity index (χ3v) is 12.4. The van der Waals surface area contributed by atoms with Crippen LogP contribution in [0.2, 0.25) is 0 Å². The molecule has 9 aromatic rings. The summed E-state index contributed by atoms with van der Waals surface area (Å²) < 4.78 is 34.3. The van der Waals surface area contributed by atoms with Gasteiger partial charge in [-0.05, 0) is 106 Å². The Kier molecular flexibility index (Phi) is 12.8. The van der Waals surface area contributed by atoms with Gasteiger partial charge in [0.05, 0.1) is 17.1 Å². The Morgan fingerprint density at radius 3 is 0.692 bits per heavy atom. The van der Waals surface area contributed by atoms with Crippen molar-refractivity contribution in [3.05, 3.63) is 235 Å².